The summed E-state index contributed by atoms with van der Waals surface area (Å²) in [5.74, 6) is 0.434. The highest BCUT2D eigenvalue weighted by Crippen LogP contribution is 2.22. The molecule has 0 unspecified atom stereocenters. The molecule has 8 nitrogen and oxygen atoms in total. The summed E-state index contributed by atoms with van der Waals surface area (Å²) in [6, 6.07) is 1.66. The smallest absolute Gasteiger partial charge is 0.273 e. The molecule has 0 aliphatic carbocycles. The number of hydrogen-bond acceptors (Lipinski definition) is 7. The Balaban J connectivity index is 1.61. The van der Waals surface area contributed by atoms with E-state index in [2.05, 4.69) is 33.7 Å². The average Bonchev–Trinajstić information content (AvgIpc) is 3.23. The molecule has 0 saturated carbocycles. The summed E-state index contributed by atoms with van der Waals surface area (Å²) in [7, 11) is 1.97. The highest BCUT2D eigenvalue weighted by atomic mass is 32.1. The number of rotatable bonds is 5. The van der Waals surface area contributed by atoms with Gasteiger partial charge in [0, 0.05) is 43.0 Å². The Morgan fingerprint density at radius 3 is 2.92 bits per heavy atom. The van der Waals surface area contributed by atoms with Gasteiger partial charge in [-0.25, -0.2) is 9.97 Å². The van der Waals surface area contributed by atoms with Crippen molar-refractivity contribution in [2.24, 2.45) is 0 Å². The van der Waals surface area contributed by atoms with Crippen molar-refractivity contribution in [2.45, 2.75) is 38.8 Å². The molecule has 1 atom stereocenters. The highest BCUT2D eigenvalue weighted by Gasteiger charge is 2.30. The minimum Gasteiger partial charge on any atom is -0.369 e. The lowest BCUT2D eigenvalue weighted by Crippen LogP contribution is -2.36. The number of hydrogen-bond donors (Lipinski definition) is 2. The summed E-state index contributed by atoms with van der Waals surface area (Å²) < 4.78 is 0. The molecule has 0 radical (unpaired) electrons. The van der Waals surface area contributed by atoms with E-state index in [0.717, 1.165) is 11.4 Å². The summed E-state index contributed by atoms with van der Waals surface area (Å²) in [6.07, 6.45) is 0.877. The van der Waals surface area contributed by atoms with Gasteiger partial charge in [0.05, 0.1) is 10.7 Å². The number of H-pyrrole nitrogens is 1. The Labute approximate surface area is 156 Å². The molecule has 1 amide bonds. The summed E-state index contributed by atoms with van der Waals surface area (Å²) in [5.41, 5.74) is 6.50. The highest BCUT2D eigenvalue weighted by molar-refractivity contribution is 7.09. The standard InChI is InChI=1S/C17H24N6O2S/c1-10(2)15-20-13(9-26-15)16(25)23-5-4-12(8-23)22(3)7-11-6-14(24)21-17(18)19-11/h6,9-10,12H,4-5,7-8H2,1-3H3,(H3,18,19,21,24)/t12-/m1/s1. The molecule has 1 aliphatic rings. The van der Waals surface area contributed by atoms with Crippen molar-refractivity contribution >= 4 is 23.2 Å². The monoisotopic (exact) mass is 376 g/mol. The van der Waals surface area contributed by atoms with E-state index < -0.39 is 0 Å². The van der Waals surface area contributed by atoms with E-state index in [-0.39, 0.29) is 23.5 Å². The topological polar surface area (TPSA) is 108 Å². The molecule has 3 rings (SSSR count). The van der Waals surface area contributed by atoms with Crippen molar-refractivity contribution in [1.82, 2.24) is 24.8 Å². The molecular weight excluding hydrogens is 352 g/mol. The predicted octanol–water partition coefficient (Wildman–Crippen LogP) is 1.28. The van der Waals surface area contributed by atoms with Crippen LogP contribution in [0.5, 0.6) is 0 Å². The van der Waals surface area contributed by atoms with Crippen LogP contribution in [-0.4, -0.2) is 56.8 Å². The van der Waals surface area contributed by atoms with Crippen molar-refractivity contribution in [1.29, 1.82) is 0 Å². The van der Waals surface area contributed by atoms with Crippen LogP contribution in [-0.2, 0) is 6.54 Å². The van der Waals surface area contributed by atoms with Gasteiger partial charge in [0.25, 0.3) is 11.5 Å². The molecule has 1 fully saturated rings. The third-order valence-corrected chi connectivity index (χ3v) is 5.68. The first-order chi connectivity index (χ1) is 12.3. The number of nitrogens with zero attached hydrogens (tertiary/aromatic N) is 4. The Bertz CT molecular complexity index is 846. The number of carbonyl (C=O) groups is 1. The first kappa shape index (κ1) is 18.5. The molecule has 0 spiro atoms. The number of thiazole rings is 1. The van der Waals surface area contributed by atoms with E-state index in [1.54, 1.807) is 0 Å². The molecule has 26 heavy (non-hydrogen) atoms. The molecule has 0 aromatic carbocycles. The van der Waals surface area contributed by atoms with Crippen LogP contribution in [0.15, 0.2) is 16.2 Å². The summed E-state index contributed by atoms with van der Waals surface area (Å²) in [5, 5.41) is 2.83. The second-order valence-corrected chi connectivity index (χ2v) is 7.85. The summed E-state index contributed by atoms with van der Waals surface area (Å²) >= 11 is 1.53. The van der Waals surface area contributed by atoms with E-state index in [1.807, 2.05) is 17.3 Å². The lowest BCUT2D eigenvalue weighted by molar-refractivity contribution is 0.0774. The number of nitrogens with one attached hydrogen (secondary N) is 1. The van der Waals surface area contributed by atoms with Gasteiger partial charge in [-0.15, -0.1) is 11.3 Å². The van der Waals surface area contributed by atoms with Gasteiger partial charge >= 0.3 is 0 Å². The van der Waals surface area contributed by atoms with Gasteiger partial charge in [0.1, 0.15) is 5.69 Å². The molecule has 3 N–H and O–H groups in total. The zero-order chi connectivity index (χ0) is 18.8. The van der Waals surface area contributed by atoms with Crippen LogP contribution in [0.4, 0.5) is 5.95 Å². The molecule has 2 aromatic heterocycles. The number of anilines is 1. The van der Waals surface area contributed by atoms with E-state index in [1.165, 1.54) is 17.4 Å². The number of likely N-dealkylation sites (tertiary alicyclic amines) is 1. The van der Waals surface area contributed by atoms with Crippen molar-refractivity contribution in [3.05, 3.63) is 38.2 Å². The number of nitrogens with two attached hydrogens (primary N) is 1. The van der Waals surface area contributed by atoms with Crippen LogP contribution < -0.4 is 11.3 Å². The second-order valence-electron chi connectivity index (χ2n) is 6.96. The third kappa shape index (κ3) is 4.10. The predicted molar refractivity (Wildman–Crippen MR) is 101 cm³/mol. The molecule has 140 valence electrons. The van der Waals surface area contributed by atoms with Crippen LogP contribution in [0.1, 0.15) is 47.4 Å². The lowest BCUT2D eigenvalue weighted by Gasteiger charge is -2.24. The molecule has 1 saturated heterocycles. The van der Waals surface area contributed by atoms with Gasteiger partial charge in [-0.05, 0) is 13.5 Å². The number of likely N-dealkylation sites (N-methyl/N-ethyl adjacent to an activating group) is 1. The number of nitrogen functional groups attached to an aromatic ring is 1. The maximum Gasteiger partial charge on any atom is 0.273 e. The quantitative estimate of drug-likeness (QED) is 0.814. The Kier molecular flexibility index (Phi) is 5.38. The molecule has 3 heterocycles. The molecule has 9 heteroatoms. The van der Waals surface area contributed by atoms with E-state index in [4.69, 9.17) is 5.73 Å². The second kappa shape index (κ2) is 7.55. The van der Waals surface area contributed by atoms with Gasteiger partial charge in [-0.3, -0.25) is 19.5 Å². The normalized spacial score (nSPS) is 17.4. The van der Waals surface area contributed by atoms with E-state index in [0.29, 0.717) is 36.9 Å². The number of aromatic amines is 1. The minimum absolute atomic E-state index is 0.0115. The third-order valence-electron chi connectivity index (χ3n) is 4.53. The molecule has 2 aromatic rings. The number of amides is 1. The Hall–Kier alpha value is -2.26. The molecular formula is C17H24N6O2S. The average molecular weight is 376 g/mol. The van der Waals surface area contributed by atoms with Gasteiger partial charge in [-0.1, -0.05) is 13.8 Å². The zero-order valence-corrected chi connectivity index (χ0v) is 16.0. The number of carbonyl (C=O) groups excluding carboxylic acids is 1. The fourth-order valence-corrected chi connectivity index (χ4v) is 3.90. The van der Waals surface area contributed by atoms with Crippen molar-refractivity contribution in [3.8, 4) is 0 Å². The van der Waals surface area contributed by atoms with Gasteiger partial charge < -0.3 is 10.6 Å². The maximum atomic E-state index is 12.7. The first-order valence-corrected chi connectivity index (χ1v) is 9.52. The lowest BCUT2D eigenvalue weighted by atomic mass is 10.2. The fraction of sp³-hybridized carbons (Fsp3) is 0.529. The Morgan fingerprint density at radius 2 is 2.27 bits per heavy atom. The van der Waals surface area contributed by atoms with Gasteiger partial charge in [-0.2, -0.15) is 0 Å². The molecule has 1 aliphatic heterocycles. The largest absolute Gasteiger partial charge is 0.369 e. The molecule has 0 bridgehead atoms. The van der Waals surface area contributed by atoms with E-state index in [9.17, 15) is 9.59 Å². The SMILES string of the molecule is CC(C)c1nc(C(=O)N2CC[C@@H](N(C)Cc3cc(=O)[nH]c(N)n3)C2)cs1. The van der Waals surface area contributed by atoms with Crippen molar-refractivity contribution < 1.29 is 4.79 Å². The van der Waals surface area contributed by atoms with Crippen LogP contribution in [0, 0.1) is 0 Å². The maximum absolute atomic E-state index is 12.7. The first-order valence-electron chi connectivity index (χ1n) is 8.64. The fourth-order valence-electron chi connectivity index (χ4n) is 3.09. The van der Waals surface area contributed by atoms with Crippen molar-refractivity contribution in [2.75, 3.05) is 25.9 Å². The van der Waals surface area contributed by atoms with Gasteiger partial charge in [0.2, 0.25) is 5.95 Å². The Morgan fingerprint density at radius 1 is 1.50 bits per heavy atom. The van der Waals surface area contributed by atoms with Crippen LogP contribution in [0.3, 0.4) is 0 Å². The van der Waals surface area contributed by atoms with Crippen molar-refractivity contribution in [3.63, 3.8) is 0 Å². The number of aromatic nitrogens is 3. The minimum atomic E-state index is -0.256. The van der Waals surface area contributed by atoms with Crippen LogP contribution >= 0.6 is 11.3 Å². The zero-order valence-electron chi connectivity index (χ0n) is 15.2. The van der Waals surface area contributed by atoms with E-state index >= 15 is 0 Å². The summed E-state index contributed by atoms with van der Waals surface area (Å²) in [6.45, 7) is 6.00. The van der Waals surface area contributed by atoms with Crippen LogP contribution in [0.25, 0.3) is 0 Å². The van der Waals surface area contributed by atoms with Gasteiger partial charge in [0.15, 0.2) is 0 Å². The summed E-state index contributed by atoms with van der Waals surface area (Å²) in [4.78, 5) is 39.2. The van der Waals surface area contributed by atoms with Crippen LogP contribution in [0.2, 0.25) is 0 Å².